The van der Waals surface area contributed by atoms with Gasteiger partial charge in [-0.1, -0.05) is 33.3 Å². The molecule has 0 spiro atoms. The number of oxazole rings is 1. The Bertz CT molecular complexity index is 820. The van der Waals surface area contributed by atoms with Gasteiger partial charge in [-0.2, -0.15) is 0 Å². The molecule has 1 saturated heterocycles. The van der Waals surface area contributed by atoms with Crippen LogP contribution in [0.3, 0.4) is 0 Å². The highest BCUT2D eigenvalue weighted by Crippen LogP contribution is 2.26. The highest BCUT2D eigenvalue weighted by atomic mass is 16.3. The van der Waals surface area contributed by atoms with E-state index < -0.39 is 0 Å². The summed E-state index contributed by atoms with van der Waals surface area (Å²) in [5.74, 6) is 0.564. The van der Waals surface area contributed by atoms with Gasteiger partial charge < -0.3 is 14.6 Å². The lowest BCUT2D eigenvalue weighted by Gasteiger charge is -2.19. The molecule has 0 saturated carbocycles. The Kier molecular flexibility index (Phi) is 5.82. The molecular formula is C21H29N3O3. The summed E-state index contributed by atoms with van der Waals surface area (Å²) in [7, 11) is 0. The first kappa shape index (κ1) is 19.4. The first-order chi connectivity index (χ1) is 12.8. The van der Waals surface area contributed by atoms with Gasteiger partial charge in [0.05, 0.1) is 6.54 Å². The number of fused-ring (bicyclic) bond motifs is 1. The van der Waals surface area contributed by atoms with E-state index in [1.54, 1.807) is 4.90 Å². The van der Waals surface area contributed by atoms with Crippen LogP contribution >= 0.6 is 0 Å². The van der Waals surface area contributed by atoms with Crippen LogP contribution in [-0.2, 0) is 21.5 Å². The average Bonchev–Trinajstić information content (AvgIpc) is 2.92. The number of carbonyl (C=O) groups is 2. The molecule has 0 bridgehead atoms. The smallest absolute Gasteiger partial charge is 0.222 e. The highest BCUT2D eigenvalue weighted by Gasteiger charge is 2.18. The van der Waals surface area contributed by atoms with E-state index in [-0.39, 0.29) is 23.8 Å². The Balaban J connectivity index is 1.53. The van der Waals surface area contributed by atoms with Gasteiger partial charge in [-0.25, -0.2) is 4.98 Å². The summed E-state index contributed by atoms with van der Waals surface area (Å²) in [4.78, 5) is 30.4. The van der Waals surface area contributed by atoms with Gasteiger partial charge in [0.1, 0.15) is 5.52 Å². The predicted molar refractivity (Wildman–Crippen MR) is 104 cm³/mol. The Labute approximate surface area is 160 Å². The minimum atomic E-state index is -0.0929. The van der Waals surface area contributed by atoms with Gasteiger partial charge in [-0.3, -0.25) is 9.59 Å². The molecule has 6 nitrogen and oxygen atoms in total. The van der Waals surface area contributed by atoms with Crippen LogP contribution in [0.25, 0.3) is 11.1 Å². The fraction of sp³-hybridized carbons (Fsp3) is 0.571. The number of amides is 2. The van der Waals surface area contributed by atoms with Crippen molar-refractivity contribution in [3.05, 3.63) is 29.7 Å². The Morgan fingerprint density at radius 3 is 2.85 bits per heavy atom. The van der Waals surface area contributed by atoms with Crippen molar-refractivity contribution in [3.8, 4) is 0 Å². The van der Waals surface area contributed by atoms with Gasteiger partial charge >= 0.3 is 0 Å². The number of benzene rings is 1. The van der Waals surface area contributed by atoms with Gasteiger partial charge in [0.2, 0.25) is 17.7 Å². The normalized spacial score (nSPS) is 15.8. The standard InChI is InChI=1S/C21H29N3O3/c1-21(2,3)15-8-9-17-16(13-15)23-19(27-17)14-22-18(25)10-12-24-11-6-4-5-7-20(24)26/h8-9,13H,4-7,10-12,14H2,1-3H3,(H,22,25). The summed E-state index contributed by atoms with van der Waals surface area (Å²) < 4.78 is 5.72. The molecule has 2 heterocycles. The molecule has 1 aromatic heterocycles. The Morgan fingerprint density at radius 2 is 2.07 bits per heavy atom. The summed E-state index contributed by atoms with van der Waals surface area (Å²) in [6, 6.07) is 6.02. The number of hydrogen-bond donors (Lipinski definition) is 1. The van der Waals surface area contributed by atoms with Crippen molar-refractivity contribution in [2.24, 2.45) is 0 Å². The molecule has 0 atom stereocenters. The molecule has 2 aromatic rings. The summed E-state index contributed by atoms with van der Waals surface area (Å²) in [5, 5.41) is 2.84. The topological polar surface area (TPSA) is 75.4 Å². The van der Waals surface area contributed by atoms with E-state index in [9.17, 15) is 9.59 Å². The molecule has 0 radical (unpaired) electrons. The van der Waals surface area contributed by atoms with Gasteiger partial charge in [-0.15, -0.1) is 0 Å². The molecule has 0 aliphatic carbocycles. The number of nitrogens with zero attached hydrogens (tertiary/aromatic N) is 2. The molecule has 0 unspecified atom stereocenters. The highest BCUT2D eigenvalue weighted by molar-refractivity contribution is 5.79. The minimum Gasteiger partial charge on any atom is -0.439 e. The lowest BCUT2D eigenvalue weighted by molar-refractivity contribution is -0.131. The van der Waals surface area contributed by atoms with E-state index in [1.165, 1.54) is 5.56 Å². The summed E-state index contributed by atoms with van der Waals surface area (Å²) in [6.07, 6.45) is 3.97. The summed E-state index contributed by atoms with van der Waals surface area (Å²) >= 11 is 0. The fourth-order valence-electron chi connectivity index (χ4n) is 3.29. The van der Waals surface area contributed by atoms with E-state index in [4.69, 9.17) is 4.42 Å². The van der Waals surface area contributed by atoms with Crippen molar-refractivity contribution >= 4 is 22.9 Å². The van der Waals surface area contributed by atoms with Crippen LogP contribution in [0.4, 0.5) is 0 Å². The van der Waals surface area contributed by atoms with Crippen molar-refractivity contribution in [1.29, 1.82) is 0 Å². The quantitative estimate of drug-likeness (QED) is 0.872. The molecule has 6 heteroatoms. The number of aromatic nitrogens is 1. The van der Waals surface area contributed by atoms with Crippen LogP contribution in [0, 0.1) is 0 Å². The molecule has 1 aliphatic heterocycles. The van der Waals surface area contributed by atoms with Crippen LogP contribution in [0.15, 0.2) is 22.6 Å². The predicted octanol–water partition coefficient (Wildman–Crippen LogP) is 3.53. The molecule has 1 aliphatic rings. The second kappa shape index (κ2) is 8.11. The fourth-order valence-corrected chi connectivity index (χ4v) is 3.29. The summed E-state index contributed by atoms with van der Waals surface area (Å²) in [5.41, 5.74) is 2.77. The first-order valence-corrected chi connectivity index (χ1v) is 9.77. The van der Waals surface area contributed by atoms with Gasteiger partial charge in [0.25, 0.3) is 0 Å². The second-order valence-electron chi connectivity index (χ2n) is 8.26. The third-order valence-corrected chi connectivity index (χ3v) is 5.01. The molecule has 1 fully saturated rings. The zero-order valence-corrected chi connectivity index (χ0v) is 16.5. The van der Waals surface area contributed by atoms with Gasteiger partial charge in [-0.05, 0) is 36.0 Å². The lowest BCUT2D eigenvalue weighted by Crippen LogP contribution is -2.34. The molecule has 1 N–H and O–H groups in total. The van der Waals surface area contributed by atoms with Crippen LogP contribution < -0.4 is 5.32 Å². The van der Waals surface area contributed by atoms with Crippen molar-refractivity contribution < 1.29 is 14.0 Å². The van der Waals surface area contributed by atoms with Crippen LogP contribution in [0.2, 0.25) is 0 Å². The van der Waals surface area contributed by atoms with Crippen LogP contribution in [-0.4, -0.2) is 34.8 Å². The maximum atomic E-state index is 12.1. The number of likely N-dealkylation sites (tertiary alicyclic amines) is 1. The monoisotopic (exact) mass is 371 g/mol. The van der Waals surface area contributed by atoms with E-state index in [2.05, 4.69) is 31.1 Å². The number of hydrogen-bond acceptors (Lipinski definition) is 4. The maximum absolute atomic E-state index is 12.1. The Hall–Kier alpha value is -2.37. The van der Waals surface area contributed by atoms with E-state index in [0.717, 1.165) is 36.9 Å². The van der Waals surface area contributed by atoms with E-state index in [0.29, 0.717) is 25.3 Å². The van der Waals surface area contributed by atoms with Crippen molar-refractivity contribution in [2.45, 2.75) is 64.8 Å². The van der Waals surface area contributed by atoms with Gasteiger partial charge in [0, 0.05) is 25.9 Å². The molecule has 1 aromatic carbocycles. The second-order valence-corrected chi connectivity index (χ2v) is 8.26. The van der Waals surface area contributed by atoms with Crippen LogP contribution in [0.1, 0.15) is 64.3 Å². The molecule has 146 valence electrons. The van der Waals surface area contributed by atoms with E-state index in [1.807, 2.05) is 18.2 Å². The summed E-state index contributed by atoms with van der Waals surface area (Å²) in [6.45, 7) is 7.96. The van der Waals surface area contributed by atoms with E-state index >= 15 is 0 Å². The third-order valence-electron chi connectivity index (χ3n) is 5.01. The zero-order valence-electron chi connectivity index (χ0n) is 16.5. The minimum absolute atomic E-state index is 0.0479. The SMILES string of the molecule is CC(C)(C)c1ccc2oc(CNC(=O)CCN3CCCCCC3=O)nc2c1. The largest absolute Gasteiger partial charge is 0.439 e. The average molecular weight is 371 g/mol. The van der Waals surface area contributed by atoms with Gasteiger partial charge in [0.15, 0.2) is 5.58 Å². The molecule has 2 amide bonds. The number of rotatable bonds is 5. The molecular weight excluding hydrogens is 342 g/mol. The third kappa shape index (κ3) is 5.08. The first-order valence-electron chi connectivity index (χ1n) is 9.77. The van der Waals surface area contributed by atoms with Crippen molar-refractivity contribution in [1.82, 2.24) is 15.2 Å². The number of nitrogens with one attached hydrogen (secondary N) is 1. The maximum Gasteiger partial charge on any atom is 0.222 e. The van der Waals surface area contributed by atoms with Crippen molar-refractivity contribution in [2.75, 3.05) is 13.1 Å². The Morgan fingerprint density at radius 1 is 1.26 bits per heavy atom. The van der Waals surface area contributed by atoms with Crippen molar-refractivity contribution in [3.63, 3.8) is 0 Å². The van der Waals surface area contributed by atoms with Crippen LogP contribution in [0.5, 0.6) is 0 Å². The zero-order chi connectivity index (χ0) is 19.4. The lowest BCUT2D eigenvalue weighted by atomic mass is 9.87. The number of carbonyl (C=O) groups excluding carboxylic acids is 2. The molecule has 27 heavy (non-hydrogen) atoms. The molecule has 3 rings (SSSR count).